The molecule has 0 aromatic heterocycles. The molecule has 2 aromatic rings. The van der Waals surface area contributed by atoms with Gasteiger partial charge in [-0.3, -0.25) is 4.79 Å². The Labute approximate surface area is 222 Å². The SMILES string of the molecule is COC(=O)c1cc(-c2ccc(OC)c(F)c2)ccc1N1CCCC(NC(=O)OC(C)(C)C)(C(=O)N(C)C)C1. The predicted molar refractivity (Wildman–Crippen MR) is 142 cm³/mol. The Hall–Kier alpha value is -3.82. The van der Waals surface area contributed by atoms with Crippen molar-refractivity contribution in [2.45, 2.75) is 44.8 Å². The van der Waals surface area contributed by atoms with Crippen molar-refractivity contribution in [1.29, 1.82) is 0 Å². The molecule has 2 amide bonds. The first-order chi connectivity index (χ1) is 17.8. The molecule has 0 bridgehead atoms. The number of ether oxygens (including phenoxy) is 3. The summed E-state index contributed by atoms with van der Waals surface area (Å²) in [6.45, 7) is 5.90. The van der Waals surface area contributed by atoms with E-state index in [1.807, 2.05) is 4.90 Å². The van der Waals surface area contributed by atoms with Crippen molar-refractivity contribution in [3.63, 3.8) is 0 Å². The molecule has 0 radical (unpaired) electrons. The number of esters is 1. The standard InChI is InChI=1S/C28H36FN3O6/c1-27(2,3)38-26(35)30-28(25(34)31(4)5)13-8-14-32(17-28)22-11-9-18(15-20(22)24(33)37-7)19-10-12-23(36-6)21(29)16-19/h9-12,15-16H,8,13-14,17H2,1-7H3,(H,30,35). The minimum Gasteiger partial charge on any atom is -0.494 e. The van der Waals surface area contributed by atoms with Crippen LogP contribution in [0.1, 0.15) is 44.0 Å². The molecule has 0 aliphatic carbocycles. The molecule has 3 rings (SSSR count). The van der Waals surface area contributed by atoms with E-state index in [-0.39, 0.29) is 23.8 Å². The van der Waals surface area contributed by atoms with E-state index in [9.17, 15) is 18.8 Å². The summed E-state index contributed by atoms with van der Waals surface area (Å²) in [5.41, 5.74) is -0.0504. The zero-order chi connectivity index (χ0) is 28.3. The van der Waals surface area contributed by atoms with Crippen LogP contribution in [-0.4, -0.2) is 75.4 Å². The van der Waals surface area contributed by atoms with Crippen LogP contribution < -0.4 is 15.0 Å². The van der Waals surface area contributed by atoms with Crippen molar-refractivity contribution >= 4 is 23.7 Å². The number of carbonyl (C=O) groups excluding carboxylic acids is 3. The number of anilines is 1. The lowest BCUT2D eigenvalue weighted by Crippen LogP contribution is -2.66. The summed E-state index contributed by atoms with van der Waals surface area (Å²) in [4.78, 5) is 42.3. The van der Waals surface area contributed by atoms with Crippen LogP contribution in [0.2, 0.25) is 0 Å². The number of benzene rings is 2. The fourth-order valence-electron chi connectivity index (χ4n) is 4.63. The number of halogens is 1. The smallest absolute Gasteiger partial charge is 0.408 e. The number of nitrogens with zero attached hydrogens (tertiary/aromatic N) is 2. The molecule has 1 aliphatic heterocycles. The topological polar surface area (TPSA) is 97.4 Å². The van der Waals surface area contributed by atoms with Crippen LogP contribution in [0.5, 0.6) is 5.75 Å². The number of rotatable bonds is 6. The number of nitrogens with one attached hydrogen (secondary N) is 1. The maximum absolute atomic E-state index is 14.4. The number of hydrogen-bond acceptors (Lipinski definition) is 7. The molecule has 2 aromatic carbocycles. The van der Waals surface area contributed by atoms with Gasteiger partial charge in [0.25, 0.3) is 0 Å². The van der Waals surface area contributed by atoms with Crippen LogP contribution >= 0.6 is 0 Å². The highest BCUT2D eigenvalue weighted by atomic mass is 19.1. The molecule has 1 fully saturated rings. The van der Waals surface area contributed by atoms with Gasteiger partial charge in [-0.1, -0.05) is 12.1 Å². The van der Waals surface area contributed by atoms with Crippen molar-refractivity contribution < 1.29 is 33.0 Å². The van der Waals surface area contributed by atoms with Crippen LogP contribution in [0.4, 0.5) is 14.9 Å². The fraction of sp³-hybridized carbons (Fsp3) is 0.464. The van der Waals surface area contributed by atoms with Gasteiger partial charge in [0.15, 0.2) is 11.6 Å². The summed E-state index contributed by atoms with van der Waals surface area (Å²) in [6, 6.07) is 9.70. The maximum atomic E-state index is 14.4. The molecule has 0 spiro atoms. The quantitative estimate of drug-likeness (QED) is 0.559. The van der Waals surface area contributed by atoms with Crippen molar-refractivity contribution in [1.82, 2.24) is 10.2 Å². The maximum Gasteiger partial charge on any atom is 0.408 e. The van der Waals surface area contributed by atoms with E-state index in [2.05, 4.69) is 5.32 Å². The zero-order valence-electron chi connectivity index (χ0n) is 23.0. The van der Waals surface area contributed by atoms with Gasteiger partial charge in [0, 0.05) is 20.6 Å². The molecule has 10 heteroatoms. The molecule has 1 aliphatic rings. The van der Waals surface area contributed by atoms with E-state index in [0.717, 1.165) is 0 Å². The van der Waals surface area contributed by atoms with Crippen LogP contribution in [-0.2, 0) is 14.3 Å². The highest BCUT2D eigenvalue weighted by Gasteiger charge is 2.46. The summed E-state index contributed by atoms with van der Waals surface area (Å²) in [5.74, 6) is -1.26. The minimum absolute atomic E-state index is 0.115. The van der Waals surface area contributed by atoms with Crippen LogP contribution in [0, 0.1) is 5.82 Å². The third-order valence-corrected chi connectivity index (χ3v) is 6.28. The number of methoxy groups -OCH3 is 2. The molecular weight excluding hydrogens is 493 g/mol. The molecule has 1 N–H and O–H groups in total. The Kier molecular flexibility index (Phi) is 8.54. The molecule has 38 heavy (non-hydrogen) atoms. The Balaban J connectivity index is 2.02. The number of piperidine rings is 1. The lowest BCUT2D eigenvalue weighted by atomic mass is 9.86. The van der Waals surface area contributed by atoms with E-state index < -0.39 is 29.0 Å². The first kappa shape index (κ1) is 28.7. The average molecular weight is 530 g/mol. The van der Waals surface area contributed by atoms with E-state index >= 15 is 0 Å². The lowest BCUT2D eigenvalue weighted by Gasteiger charge is -2.44. The summed E-state index contributed by atoms with van der Waals surface area (Å²) < 4.78 is 29.9. The summed E-state index contributed by atoms with van der Waals surface area (Å²) >= 11 is 0. The summed E-state index contributed by atoms with van der Waals surface area (Å²) in [7, 11) is 5.93. The number of alkyl carbamates (subject to hydrolysis) is 1. The second-order valence-corrected chi connectivity index (χ2v) is 10.5. The molecule has 1 saturated heterocycles. The highest BCUT2D eigenvalue weighted by Crippen LogP contribution is 2.34. The first-order valence-corrected chi connectivity index (χ1v) is 12.3. The number of carbonyl (C=O) groups is 3. The Morgan fingerprint density at radius 3 is 2.29 bits per heavy atom. The van der Waals surface area contributed by atoms with E-state index in [1.54, 1.807) is 59.1 Å². The number of amides is 2. The largest absolute Gasteiger partial charge is 0.494 e. The molecule has 206 valence electrons. The van der Waals surface area contributed by atoms with Crippen molar-refractivity contribution in [3.05, 3.63) is 47.8 Å². The van der Waals surface area contributed by atoms with Crippen molar-refractivity contribution in [2.24, 2.45) is 0 Å². The van der Waals surface area contributed by atoms with Gasteiger partial charge in [-0.2, -0.15) is 0 Å². The monoisotopic (exact) mass is 529 g/mol. The predicted octanol–water partition coefficient (Wildman–Crippen LogP) is 4.24. The molecule has 1 heterocycles. The Morgan fingerprint density at radius 2 is 1.71 bits per heavy atom. The fourth-order valence-corrected chi connectivity index (χ4v) is 4.63. The Morgan fingerprint density at radius 1 is 1.05 bits per heavy atom. The summed E-state index contributed by atoms with van der Waals surface area (Å²) in [6.07, 6.45) is 0.275. The third kappa shape index (κ3) is 6.35. The van der Waals surface area contributed by atoms with Gasteiger partial charge in [0.05, 0.1) is 32.0 Å². The van der Waals surface area contributed by atoms with Gasteiger partial charge in [-0.05, 0) is 69.0 Å². The van der Waals surface area contributed by atoms with Crippen molar-refractivity contribution in [3.8, 4) is 16.9 Å². The molecular formula is C28H36FN3O6. The molecule has 1 atom stereocenters. The van der Waals surface area contributed by atoms with Gasteiger partial charge in [0.2, 0.25) is 5.91 Å². The van der Waals surface area contributed by atoms with E-state index in [4.69, 9.17) is 14.2 Å². The van der Waals surface area contributed by atoms with Gasteiger partial charge in [-0.25, -0.2) is 14.0 Å². The average Bonchev–Trinajstić information content (AvgIpc) is 2.86. The second kappa shape index (κ2) is 11.3. The van der Waals surface area contributed by atoms with Gasteiger partial charge >= 0.3 is 12.1 Å². The lowest BCUT2D eigenvalue weighted by molar-refractivity contribution is -0.136. The summed E-state index contributed by atoms with van der Waals surface area (Å²) in [5, 5.41) is 2.82. The molecule has 1 unspecified atom stereocenters. The normalized spacial score (nSPS) is 17.4. The van der Waals surface area contributed by atoms with E-state index in [1.165, 1.54) is 31.3 Å². The Bertz CT molecular complexity index is 1210. The van der Waals surface area contributed by atoms with Crippen LogP contribution in [0.25, 0.3) is 11.1 Å². The molecule has 0 saturated carbocycles. The second-order valence-electron chi connectivity index (χ2n) is 10.5. The van der Waals surface area contributed by atoms with Gasteiger partial charge in [0.1, 0.15) is 11.1 Å². The highest BCUT2D eigenvalue weighted by molar-refractivity contribution is 5.98. The zero-order valence-corrected chi connectivity index (χ0v) is 23.0. The van der Waals surface area contributed by atoms with E-state index in [0.29, 0.717) is 36.2 Å². The van der Waals surface area contributed by atoms with Crippen molar-refractivity contribution in [2.75, 3.05) is 46.3 Å². The number of hydrogen-bond donors (Lipinski definition) is 1. The number of likely N-dealkylation sites (N-methyl/N-ethyl adjacent to an activating group) is 1. The van der Waals surface area contributed by atoms with Gasteiger partial charge in [-0.15, -0.1) is 0 Å². The van der Waals surface area contributed by atoms with Crippen LogP contribution in [0.15, 0.2) is 36.4 Å². The molecule has 9 nitrogen and oxygen atoms in total. The third-order valence-electron chi connectivity index (χ3n) is 6.28. The van der Waals surface area contributed by atoms with Gasteiger partial charge < -0.3 is 29.3 Å². The van der Waals surface area contributed by atoms with Crippen LogP contribution in [0.3, 0.4) is 0 Å². The first-order valence-electron chi connectivity index (χ1n) is 12.3. The minimum atomic E-state index is -1.27.